The van der Waals surface area contributed by atoms with E-state index >= 15 is 0 Å². The summed E-state index contributed by atoms with van der Waals surface area (Å²) in [6.45, 7) is 6.15. The second-order valence-corrected chi connectivity index (χ2v) is 4.12. The molecule has 0 amide bonds. The molecule has 0 fully saturated rings. The van der Waals surface area contributed by atoms with Crippen LogP contribution in [0.15, 0.2) is 12.3 Å². The molecule has 0 bridgehead atoms. The van der Waals surface area contributed by atoms with E-state index in [2.05, 4.69) is 25.3 Å². The normalized spacial score (nSPS) is 10.4. The van der Waals surface area contributed by atoms with Crippen molar-refractivity contribution in [2.75, 3.05) is 11.1 Å². The number of hydrogen-bond acceptors (Lipinski definition) is 6. The summed E-state index contributed by atoms with van der Waals surface area (Å²) in [5.74, 6) is 2.69. The molecule has 2 rings (SSSR count). The van der Waals surface area contributed by atoms with E-state index in [4.69, 9.17) is 5.73 Å². The molecular weight excluding hydrogens is 228 g/mol. The first-order valence-electron chi connectivity index (χ1n) is 5.69. The van der Waals surface area contributed by atoms with E-state index in [1.54, 1.807) is 6.20 Å². The number of rotatable bonds is 3. The van der Waals surface area contributed by atoms with Crippen molar-refractivity contribution >= 4 is 11.6 Å². The maximum Gasteiger partial charge on any atom is 0.132 e. The molecule has 0 atom stereocenters. The smallest absolute Gasteiger partial charge is 0.132 e. The highest BCUT2D eigenvalue weighted by atomic mass is 15.0. The molecule has 0 aromatic carbocycles. The van der Waals surface area contributed by atoms with Gasteiger partial charge < -0.3 is 11.1 Å². The van der Waals surface area contributed by atoms with Crippen molar-refractivity contribution in [1.82, 2.24) is 19.9 Å². The SMILES string of the molecule is Cc1cc(NCc2cnc(C)nc2N)nc(C)n1. The van der Waals surface area contributed by atoms with E-state index in [1.165, 1.54) is 0 Å². The van der Waals surface area contributed by atoms with Gasteiger partial charge in [-0.3, -0.25) is 0 Å². The zero-order valence-corrected chi connectivity index (χ0v) is 10.7. The fourth-order valence-corrected chi connectivity index (χ4v) is 1.64. The van der Waals surface area contributed by atoms with Crippen molar-refractivity contribution in [2.24, 2.45) is 0 Å². The summed E-state index contributed by atoms with van der Waals surface area (Å²) in [7, 11) is 0. The minimum atomic E-state index is 0.498. The summed E-state index contributed by atoms with van der Waals surface area (Å²) in [6.07, 6.45) is 1.73. The fourth-order valence-electron chi connectivity index (χ4n) is 1.64. The van der Waals surface area contributed by atoms with Crippen LogP contribution >= 0.6 is 0 Å². The predicted molar refractivity (Wildman–Crippen MR) is 70.0 cm³/mol. The molecule has 0 aliphatic heterocycles. The molecule has 0 aliphatic carbocycles. The van der Waals surface area contributed by atoms with Crippen molar-refractivity contribution in [2.45, 2.75) is 27.3 Å². The standard InChI is InChI=1S/C12H16N6/c1-7-4-11(17-9(3)16-7)15-6-10-5-14-8(2)18-12(10)13/h4-5H,6H2,1-3H3,(H2,13,14,18)(H,15,16,17). The summed E-state index contributed by atoms with van der Waals surface area (Å²) < 4.78 is 0. The molecule has 3 N–H and O–H groups in total. The van der Waals surface area contributed by atoms with Crippen molar-refractivity contribution in [1.29, 1.82) is 0 Å². The van der Waals surface area contributed by atoms with E-state index < -0.39 is 0 Å². The van der Waals surface area contributed by atoms with E-state index in [-0.39, 0.29) is 0 Å². The molecule has 0 unspecified atom stereocenters. The molecular formula is C12H16N6. The fraction of sp³-hybridized carbons (Fsp3) is 0.333. The minimum absolute atomic E-state index is 0.498. The van der Waals surface area contributed by atoms with Gasteiger partial charge in [0.15, 0.2) is 0 Å². The molecule has 6 nitrogen and oxygen atoms in total. The number of nitrogens with zero attached hydrogens (tertiary/aromatic N) is 4. The summed E-state index contributed by atoms with van der Waals surface area (Å²) in [4.78, 5) is 16.7. The topological polar surface area (TPSA) is 89.6 Å². The summed E-state index contributed by atoms with van der Waals surface area (Å²) in [6, 6.07) is 1.89. The third kappa shape index (κ3) is 2.91. The Hall–Kier alpha value is -2.24. The van der Waals surface area contributed by atoms with Gasteiger partial charge in [0.1, 0.15) is 23.3 Å². The first-order valence-corrected chi connectivity index (χ1v) is 5.69. The molecule has 0 saturated heterocycles. The quantitative estimate of drug-likeness (QED) is 0.848. The average molecular weight is 244 g/mol. The highest BCUT2D eigenvalue weighted by Crippen LogP contribution is 2.11. The van der Waals surface area contributed by atoms with Gasteiger partial charge in [0.25, 0.3) is 0 Å². The number of anilines is 2. The Kier molecular flexibility index (Phi) is 3.36. The van der Waals surface area contributed by atoms with E-state index in [0.717, 1.165) is 22.9 Å². The van der Waals surface area contributed by atoms with Crippen LogP contribution in [0.2, 0.25) is 0 Å². The molecule has 0 spiro atoms. The molecule has 2 aromatic rings. The second-order valence-electron chi connectivity index (χ2n) is 4.12. The van der Waals surface area contributed by atoms with Gasteiger partial charge in [-0.2, -0.15) is 0 Å². The van der Waals surface area contributed by atoms with Crippen molar-refractivity contribution in [3.63, 3.8) is 0 Å². The molecule has 2 heterocycles. The number of hydrogen-bond donors (Lipinski definition) is 2. The van der Waals surface area contributed by atoms with Gasteiger partial charge in [-0.25, -0.2) is 19.9 Å². The third-order valence-electron chi connectivity index (χ3n) is 2.44. The predicted octanol–water partition coefficient (Wildman–Crippen LogP) is 1.39. The van der Waals surface area contributed by atoms with Crippen LogP contribution in [0, 0.1) is 20.8 Å². The monoisotopic (exact) mass is 244 g/mol. The lowest BCUT2D eigenvalue weighted by Gasteiger charge is -2.08. The maximum absolute atomic E-state index is 5.82. The Labute approximate surface area is 106 Å². The van der Waals surface area contributed by atoms with Gasteiger partial charge in [-0.15, -0.1) is 0 Å². The highest BCUT2D eigenvalue weighted by molar-refractivity contribution is 5.42. The third-order valence-corrected chi connectivity index (χ3v) is 2.44. The van der Waals surface area contributed by atoms with Gasteiger partial charge in [-0.1, -0.05) is 0 Å². The second kappa shape index (κ2) is 4.95. The zero-order valence-electron chi connectivity index (χ0n) is 10.7. The Bertz CT molecular complexity index is 546. The minimum Gasteiger partial charge on any atom is -0.383 e. The van der Waals surface area contributed by atoms with E-state index in [1.807, 2.05) is 26.8 Å². The van der Waals surface area contributed by atoms with Gasteiger partial charge >= 0.3 is 0 Å². The van der Waals surface area contributed by atoms with Crippen LogP contribution in [-0.2, 0) is 6.54 Å². The number of nitrogens with two attached hydrogens (primary N) is 1. The maximum atomic E-state index is 5.82. The molecule has 0 radical (unpaired) electrons. The Morgan fingerprint density at radius 2 is 1.89 bits per heavy atom. The molecule has 6 heteroatoms. The van der Waals surface area contributed by atoms with Crippen LogP contribution in [0.3, 0.4) is 0 Å². The van der Waals surface area contributed by atoms with Gasteiger partial charge in [0, 0.05) is 30.1 Å². The van der Waals surface area contributed by atoms with Crippen molar-refractivity contribution in [3.8, 4) is 0 Å². The molecule has 2 aromatic heterocycles. The lowest BCUT2D eigenvalue weighted by atomic mass is 10.3. The summed E-state index contributed by atoms with van der Waals surface area (Å²) in [5.41, 5.74) is 7.61. The van der Waals surface area contributed by atoms with Crippen LogP contribution in [-0.4, -0.2) is 19.9 Å². The van der Waals surface area contributed by atoms with Crippen molar-refractivity contribution in [3.05, 3.63) is 35.2 Å². The Balaban J connectivity index is 2.11. The van der Waals surface area contributed by atoms with Gasteiger partial charge in [-0.05, 0) is 20.8 Å². The van der Waals surface area contributed by atoms with E-state index in [9.17, 15) is 0 Å². The van der Waals surface area contributed by atoms with Gasteiger partial charge in [0.05, 0.1) is 0 Å². The number of nitrogen functional groups attached to an aromatic ring is 1. The van der Waals surface area contributed by atoms with Crippen LogP contribution in [0.25, 0.3) is 0 Å². The number of nitrogens with one attached hydrogen (secondary N) is 1. The van der Waals surface area contributed by atoms with Crippen molar-refractivity contribution < 1.29 is 0 Å². The lowest BCUT2D eigenvalue weighted by molar-refractivity contribution is 0.972. The first kappa shape index (κ1) is 12.2. The number of aryl methyl sites for hydroxylation is 3. The van der Waals surface area contributed by atoms with Crippen LogP contribution in [0.4, 0.5) is 11.6 Å². The largest absolute Gasteiger partial charge is 0.383 e. The molecule has 94 valence electrons. The van der Waals surface area contributed by atoms with E-state index in [0.29, 0.717) is 18.2 Å². The Morgan fingerprint density at radius 1 is 1.11 bits per heavy atom. The number of aromatic nitrogens is 4. The zero-order chi connectivity index (χ0) is 13.1. The molecule has 0 saturated carbocycles. The van der Waals surface area contributed by atoms with Gasteiger partial charge in [0.2, 0.25) is 0 Å². The molecule has 0 aliphatic rings. The highest BCUT2D eigenvalue weighted by Gasteiger charge is 2.03. The average Bonchev–Trinajstić information content (AvgIpc) is 2.26. The summed E-state index contributed by atoms with van der Waals surface area (Å²) in [5, 5.41) is 3.19. The van der Waals surface area contributed by atoms with Crippen LogP contribution in [0.1, 0.15) is 22.9 Å². The molecule has 18 heavy (non-hydrogen) atoms. The van der Waals surface area contributed by atoms with Crippen LogP contribution < -0.4 is 11.1 Å². The lowest BCUT2D eigenvalue weighted by Crippen LogP contribution is -2.08. The summed E-state index contributed by atoms with van der Waals surface area (Å²) >= 11 is 0. The Morgan fingerprint density at radius 3 is 2.56 bits per heavy atom. The van der Waals surface area contributed by atoms with Crippen LogP contribution in [0.5, 0.6) is 0 Å². The first-order chi connectivity index (χ1) is 8.54.